The molecule has 0 bridgehead atoms. The molecule has 2 heteroatoms. The Balaban J connectivity index is 2.46. The molecule has 90 valence electrons. The van der Waals surface area contributed by atoms with Crippen molar-refractivity contribution in [2.24, 2.45) is 0 Å². The van der Waals surface area contributed by atoms with Crippen LogP contribution in [0.5, 0.6) is 0 Å². The fraction of sp³-hybridized carbons (Fsp3) is 0.571. The molecule has 0 heterocycles. The summed E-state index contributed by atoms with van der Waals surface area (Å²) in [6, 6.07) is 6.14. The lowest BCUT2D eigenvalue weighted by molar-refractivity contribution is 0.114. The molecule has 0 aromatic heterocycles. The molecule has 0 fully saturated rings. The van der Waals surface area contributed by atoms with E-state index in [9.17, 15) is 5.11 Å². The van der Waals surface area contributed by atoms with E-state index >= 15 is 0 Å². The minimum Gasteiger partial charge on any atom is -0.388 e. The van der Waals surface area contributed by atoms with Gasteiger partial charge in [-0.15, -0.1) is 0 Å². The van der Waals surface area contributed by atoms with E-state index < -0.39 is 0 Å². The normalized spacial score (nSPS) is 12.8. The van der Waals surface area contributed by atoms with Gasteiger partial charge in [-0.3, -0.25) is 0 Å². The van der Waals surface area contributed by atoms with Crippen molar-refractivity contribution in [3.63, 3.8) is 0 Å². The van der Waals surface area contributed by atoms with Gasteiger partial charge in [-0.2, -0.15) is 0 Å². The number of aliphatic hydroxyl groups excluding tert-OH is 1. The Morgan fingerprint density at radius 2 is 2.00 bits per heavy atom. The monoisotopic (exact) mass is 222 g/mol. The van der Waals surface area contributed by atoms with Crippen molar-refractivity contribution in [3.8, 4) is 0 Å². The number of ether oxygens (including phenoxy) is 1. The van der Waals surface area contributed by atoms with Crippen LogP contribution in [0.15, 0.2) is 18.2 Å². The molecule has 1 aromatic rings. The first-order valence-corrected chi connectivity index (χ1v) is 5.98. The molecule has 1 atom stereocenters. The van der Waals surface area contributed by atoms with Gasteiger partial charge in [-0.1, -0.05) is 18.2 Å². The van der Waals surface area contributed by atoms with E-state index in [-0.39, 0.29) is 6.10 Å². The van der Waals surface area contributed by atoms with Crippen molar-refractivity contribution in [2.45, 2.75) is 39.7 Å². The van der Waals surface area contributed by atoms with Crippen molar-refractivity contribution < 1.29 is 9.84 Å². The van der Waals surface area contributed by atoms with E-state index in [1.165, 1.54) is 11.1 Å². The average molecular weight is 222 g/mol. The first-order chi connectivity index (χ1) is 7.65. The molecule has 1 aromatic carbocycles. The average Bonchev–Trinajstić information content (AvgIpc) is 2.28. The molecular formula is C14H22O2. The molecule has 0 spiro atoms. The van der Waals surface area contributed by atoms with Gasteiger partial charge in [0.05, 0.1) is 6.10 Å². The summed E-state index contributed by atoms with van der Waals surface area (Å²) >= 11 is 0. The van der Waals surface area contributed by atoms with Crippen LogP contribution >= 0.6 is 0 Å². The van der Waals surface area contributed by atoms with Crippen LogP contribution in [0, 0.1) is 13.8 Å². The Morgan fingerprint density at radius 1 is 1.25 bits per heavy atom. The molecule has 0 saturated heterocycles. The second-order valence-corrected chi connectivity index (χ2v) is 4.20. The Bertz CT molecular complexity index is 321. The third-order valence-electron chi connectivity index (χ3n) is 2.89. The van der Waals surface area contributed by atoms with Crippen LogP contribution in [0.4, 0.5) is 0 Å². The summed E-state index contributed by atoms with van der Waals surface area (Å²) < 4.78 is 5.25. The van der Waals surface area contributed by atoms with Gasteiger partial charge >= 0.3 is 0 Å². The lowest BCUT2D eigenvalue weighted by atomic mass is 10.0. The largest absolute Gasteiger partial charge is 0.388 e. The van der Waals surface area contributed by atoms with Crippen LogP contribution in [0.25, 0.3) is 0 Å². The van der Waals surface area contributed by atoms with Gasteiger partial charge < -0.3 is 9.84 Å². The van der Waals surface area contributed by atoms with E-state index in [1.807, 2.05) is 13.0 Å². The number of hydrogen-bond donors (Lipinski definition) is 1. The molecule has 0 amide bonds. The molecule has 1 rings (SSSR count). The van der Waals surface area contributed by atoms with Crippen LogP contribution in [0.3, 0.4) is 0 Å². The maximum Gasteiger partial charge on any atom is 0.0791 e. The highest BCUT2D eigenvalue weighted by molar-refractivity contribution is 5.30. The summed E-state index contributed by atoms with van der Waals surface area (Å²) in [6.45, 7) is 7.63. The van der Waals surface area contributed by atoms with Crippen LogP contribution < -0.4 is 0 Å². The standard InChI is InChI=1S/C14H22O2/c1-4-16-9-5-6-14(15)13-8-7-11(2)12(3)10-13/h7-8,10,14-15H,4-6,9H2,1-3H3. The molecule has 2 nitrogen and oxygen atoms in total. The first-order valence-electron chi connectivity index (χ1n) is 5.98. The number of aliphatic hydroxyl groups is 1. The summed E-state index contributed by atoms with van der Waals surface area (Å²) in [5, 5.41) is 9.98. The van der Waals surface area contributed by atoms with Crippen molar-refractivity contribution in [1.82, 2.24) is 0 Å². The topological polar surface area (TPSA) is 29.5 Å². The quantitative estimate of drug-likeness (QED) is 0.749. The summed E-state index contributed by atoms with van der Waals surface area (Å²) in [5.41, 5.74) is 3.52. The van der Waals surface area contributed by atoms with Gasteiger partial charge in [0.25, 0.3) is 0 Å². The fourth-order valence-corrected chi connectivity index (χ4v) is 1.66. The SMILES string of the molecule is CCOCCCC(O)c1ccc(C)c(C)c1. The van der Waals surface area contributed by atoms with Crippen LogP contribution in [-0.4, -0.2) is 18.3 Å². The lowest BCUT2D eigenvalue weighted by Crippen LogP contribution is -2.01. The van der Waals surface area contributed by atoms with Gasteiger partial charge in [-0.25, -0.2) is 0 Å². The third kappa shape index (κ3) is 3.95. The summed E-state index contributed by atoms with van der Waals surface area (Å²) in [7, 11) is 0. The highest BCUT2D eigenvalue weighted by Crippen LogP contribution is 2.20. The summed E-state index contributed by atoms with van der Waals surface area (Å²) in [4.78, 5) is 0. The predicted octanol–water partition coefficient (Wildman–Crippen LogP) is 3.15. The van der Waals surface area contributed by atoms with E-state index in [1.54, 1.807) is 0 Å². The molecule has 0 radical (unpaired) electrons. The minimum absolute atomic E-state index is 0.361. The Morgan fingerprint density at radius 3 is 2.62 bits per heavy atom. The van der Waals surface area contributed by atoms with Gasteiger partial charge in [0.1, 0.15) is 0 Å². The highest BCUT2D eigenvalue weighted by atomic mass is 16.5. The van der Waals surface area contributed by atoms with Crippen molar-refractivity contribution in [1.29, 1.82) is 0 Å². The van der Waals surface area contributed by atoms with Gasteiger partial charge in [0, 0.05) is 13.2 Å². The molecule has 0 aliphatic heterocycles. The zero-order chi connectivity index (χ0) is 12.0. The third-order valence-corrected chi connectivity index (χ3v) is 2.89. The molecule has 16 heavy (non-hydrogen) atoms. The maximum absolute atomic E-state index is 9.98. The molecule has 1 N–H and O–H groups in total. The highest BCUT2D eigenvalue weighted by Gasteiger charge is 2.07. The maximum atomic E-state index is 9.98. The van der Waals surface area contributed by atoms with Crippen LogP contribution in [0.2, 0.25) is 0 Å². The number of hydrogen-bond acceptors (Lipinski definition) is 2. The minimum atomic E-state index is -0.361. The van der Waals surface area contributed by atoms with E-state index in [0.717, 1.165) is 31.6 Å². The van der Waals surface area contributed by atoms with Gasteiger partial charge in [-0.05, 0) is 50.3 Å². The molecular weight excluding hydrogens is 200 g/mol. The van der Waals surface area contributed by atoms with Crippen LogP contribution in [0.1, 0.15) is 42.6 Å². The van der Waals surface area contributed by atoms with Gasteiger partial charge in [0.15, 0.2) is 0 Å². The van der Waals surface area contributed by atoms with Gasteiger partial charge in [0.2, 0.25) is 0 Å². The predicted molar refractivity (Wildman–Crippen MR) is 66.6 cm³/mol. The number of rotatable bonds is 6. The smallest absolute Gasteiger partial charge is 0.0791 e. The summed E-state index contributed by atoms with van der Waals surface area (Å²) in [6.07, 6.45) is 1.31. The lowest BCUT2D eigenvalue weighted by Gasteiger charge is -2.12. The number of aryl methyl sites for hydroxylation is 2. The molecule has 0 saturated carbocycles. The number of benzene rings is 1. The van der Waals surface area contributed by atoms with Crippen molar-refractivity contribution in [2.75, 3.05) is 13.2 Å². The molecule has 0 aliphatic carbocycles. The Hall–Kier alpha value is -0.860. The molecule has 0 aliphatic rings. The second kappa shape index (κ2) is 6.66. The summed E-state index contributed by atoms with van der Waals surface area (Å²) in [5.74, 6) is 0. The molecule has 1 unspecified atom stereocenters. The van der Waals surface area contributed by atoms with Crippen LogP contribution in [-0.2, 0) is 4.74 Å². The first kappa shape index (κ1) is 13.2. The van der Waals surface area contributed by atoms with E-state index in [0.29, 0.717) is 0 Å². The van der Waals surface area contributed by atoms with E-state index in [4.69, 9.17) is 4.74 Å². The zero-order valence-corrected chi connectivity index (χ0v) is 10.5. The van der Waals surface area contributed by atoms with E-state index in [2.05, 4.69) is 26.0 Å². The van der Waals surface area contributed by atoms with Crippen molar-refractivity contribution in [3.05, 3.63) is 34.9 Å². The Labute approximate surface area is 98.3 Å². The Kier molecular flexibility index (Phi) is 5.50. The fourth-order valence-electron chi connectivity index (χ4n) is 1.66. The zero-order valence-electron chi connectivity index (χ0n) is 10.5. The van der Waals surface area contributed by atoms with Crippen molar-refractivity contribution >= 4 is 0 Å². The second-order valence-electron chi connectivity index (χ2n) is 4.20.